The second kappa shape index (κ2) is 8.14. The molecule has 0 aliphatic heterocycles. The zero-order valence-corrected chi connectivity index (χ0v) is 14.0. The number of hydrogen-bond acceptors (Lipinski definition) is 2. The van der Waals surface area contributed by atoms with Gasteiger partial charge in [0, 0.05) is 10.1 Å². The Labute approximate surface area is 132 Å². The number of rotatable bonds is 7. The number of hydrogen-bond donors (Lipinski definition) is 0. The minimum atomic E-state index is 0.513. The Hall–Kier alpha value is -1.41. The van der Waals surface area contributed by atoms with Crippen molar-refractivity contribution in [2.45, 2.75) is 43.3 Å². The van der Waals surface area contributed by atoms with Gasteiger partial charge in [0.25, 0.3) is 0 Å². The van der Waals surface area contributed by atoms with Crippen LogP contribution in [0, 0.1) is 6.92 Å². The monoisotopic (exact) mass is 300 g/mol. The van der Waals surface area contributed by atoms with Crippen LogP contribution in [0.1, 0.15) is 42.6 Å². The van der Waals surface area contributed by atoms with Gasteiger partial charge in [0.2, 0.25) is 0 Å². The Morgan fingerprint density at radius 2 is 1.67 bits per heavy atom. The molecule has 0 radical (unpaired) electrons. The minimum Gasteiger partial charge on any atom is -0.497 e. The number of ether oxygens (including phenoxy) is 1. The molecule has 0 amide bonds. The molecular formula is C19H24OS. The fourth-order valence-electron chi connectivity index (χ4n) is 2.28. The predicted molar refractivity (Wildman–Crippen MR) is 92.3 cm³/mol. The molecule has 0 aliphatic rings. The first-order chi connectivity index (χ1) is 10.2. The third-order valence-corrected chi connectivity index (χ3v) is 4.94. The molecule has 2 aromatic rings. The normalized spacial score (nSPS) is 12.1. The van der Waals surface area contributed by atoms with Crippen LogP contribution in [0.2, 0.25) is 0 Å². The molecule has 2 rings (SSSR count). The summed E-state index contributed by atoms with van der Waals surface area (Å²) >= 11 is 1.96. The summed E-state index contributed by atoms with van der Waals surface area (Å²) in [5.41, 5.74) is 2.70. The Kier molecular flexibility index (Phi) is 6.19. The fraction of sp³-hybridized carbons (Fsp3) is 0.368. The SMILES string of the molecule is CCCCC(Sc1ccc(C)cc1)c1ccc(OC)cc1. The molecule has 0 saturated carbocycles. The predicted octanol–water partition coefficient (Wildman–Crippen LogP) is 6.03. The molecule has 0 saturated heterocycles. The fourth-order valence-corrected chi connectivity index (χ4v) is 3.48. The van der Waals surface area contributed by atoms with Crippen LogP contribution in [0.5, 0.6) is 5.75 Å². The van der Waals surface area contributed by atoms with Gasteiger partial charge in [0.05, 0.1) is 7.11 Å². The molecule has 0 N–H and O–H groups in total. The van der Waals surface area contributed by atoms with E-state index in [9.17, 15) is 0 Å². The highest BCUT2D eigenvalue weighted by molar-refractivity contribution is 7.99. The summed E-state index contributed by atoms with van der Waals surface area (Å²) in [6.45, 7) is 4.38. The van der Waals surface area contributed by atoms with E-state index in [1.807, 2.05) is 11.8 Å². The quantitative estimate of drug-likeness (QED) is 0.578. The van der Waals surface area contributed by atoms with Crippen LogP contribution in [-0.2, 0) is 0 Å². The largest absolute Gasteiger partial charge is 0.497 e. The molecule has 0 heterocycles. The van der Waals surface area contributed by atoms with Gasteiger partial charge in [-0.3, -0.25) is 0 Å². The van der Waals surface area contributed by atoms with Crippen LogP contribution in [0.15, 0.2) is 53.4 Å². The maximum atomic E-state index is 5.25. The highest BCUT2D eigenvalue weighted by Crippen LogP contribution is 2.39. The first-order valence-corrected chi connectivity index (χ1v) is 8.48. The zero-order chi connectivity index (χ0) is 15.1. The van der Waals surface area contributed by atoms with Crippen LogP contribution >= 0.6 is 11.8 Å². The van der Waals surface area contributed by atoms with Gasteiger partial charge in [-0.15, -0.1) is 11.8 Å². The maximum absolute atomic E-state index is 5.25. The molecule has 0 spiro atoms. The van der Waals surface area contributed by atoms with E-state index in [1.165, 1.54) is 35.3 Å². The maximum Gasteiger partial charge on any atom is 0.118 e. The first-order valence-electron chi connectivity index (χ1n) is 7.60. The van der Waals surface area contributed by atoms with Crippen LogP contribution in [-0.4, -0.2) is 7.11 Å². The number of aryl methyl sites for hydroxylation is 1. The number of benzene rings is 2. The van der Waals surface area contributed by atoms with E-state index in [1.54, 1.807) is 7.11 Å². The van der Waals surface area contributed by atoms with Gasteiger partial charge >= 0.3 is 0 Å². The Balaban J connectivity index is 2.14. The molecule has 2 aromatic carbocycles. The summed E-state index contributed by atoms with van der Waals surface area (Å²) in [6, 6.07) is 17.3. The molecule has 1 unspecified atom stereocenters. The van der Waals surface area contributed by atoms with Crippen LogP contribution in [0.25, 0.3) is 0 Å². The Bertz CT molecular complexity index is 530. The summed E-state index contributed by atoms with van der Waals surface area (Å²) in [7, 11) is 1.71. The first kappa shape index (κ1) is 16.0. The van der Waals surface area contributed by atoms with Gasteiger partial charge in [-0.25, -0.2) is 0 Å². The topological polar surface area (TPSA) is 9.23 Å². The number of unbranched alkanes of at least 4 members (excludes halogenated alkanes) is 1. The van der Waals surface area contributed by atoms with E-state index in [0.717, 1.165) is 5.75 Å². The van der Waals surface area contributed by atoms with E-state index < -0.39 is 0 Å². The zero-order valence-electron chi connectivity index (χ0n) is 13.1. The van der Waals surface area contributed by atoms with Crippen LogP contribution in [0.4, 0.5) is 0 Å². The van der Waals surface area contributed by atoms with Gasteiger partial charge < -0.3 is 4.74 Å². The Morgan fingerprint density at radius 1 is 1.00 bits per heavy atom. The second-order valence-corrected chi connectivity index (χ2v) is 6.61. The van der Waals surface area contributed by atoms with Crippen molar-refractivity contribution in [3.8, 4) is 5.75 Å². The molecule has 1 atom stereocenters. The lowest BCUT2D eigenvalue weighted by Gasteiger charge is -2.17. The average Bonchev–Trinajstić information content (AvgIpc) is 2.53. The molecule has 0 bridgehead atoms. The molecular weight excluding hydrogens is 276 g/mol. The molecule has 112 valence electrons. The lowest BCUT2D eigenvalue weighted by molar-refractivity contribution is 0.414. The van der Waals surface area contributed by atoms with Gasteiger partial charge in [0.1, 0.15) is 5.75 Å². The van der Waals surface area contributed by atoms with Crippen molar-refractivity contribution in [3.05, 3.63) is 59.7 Å². The molecule has 1 nitrogen and oxygen atoms in total. The lowest BCUT2D eigenvalue weighted by atomic mass is 10.1. The summed E-state index contributed by atoms with van der Waals surface area (Å²) in [5, 5.41) is 0.513. The van der Waals surface area contributed by atoms with E-state index in [4.69, 9.17) is 4.74 Å². The minimum absolute atomic E-state index is 0.513. The molecule has 21 heavy (non-hydrogen) atoms. The van der Waals surface area contributed by atoms with Crippen molar-refractivity contribution in [2.75, 3.05) is 7.11 Å². The third-order valence-electron chi connectivity index (χ3n) is 3.61. The lowest BCUT2D eigenvalue weighted by Crippen LogP contribution is -1.95. The second-order valence-electron chi connectivity index (χ2n) is 5.33. The Morgan fingerprint density at radius 3 is 2.24 bits per heavy atom. The summed E-state index contributed by atoms with van der Waals surface area (Å²) in [4.78, 5) is 1.34. The van der Waals surface area contributed by atoms with Gasteiger partial charge in [-0.2, -0.15) is 0 Å². The molecule has 2 heteroatoms. The van der Waals surface area contributed by atoms with Crippen molar-refractivity contribution < 1.29 is 4.74 Å². The van der Waals surface area contributed by atoms with Crippen LogP contribution < -0.4 is 4.74 Å². The van der Waals surface area contributed by atoms with Crippen molar-refractivity contribution >= 4 is 11.8 Å². The van der Waals surface area contributed by atoms with Crippen molar-refractivity contribution in [1.82, 2.24) is 0 Å². The summed E-state index contributed by atoms with van der Waals surface area (Å²) in [5.74, 6) is 0.924. The van der Waals surface area contributed by atoms with Gasteiger partial charge in [-0.1, -0.05) is 49.6 Å². The summed E-state index contributed by atoms with van der Waals surface area (Å²) < 4.78 is 5.25. The van der Waals surface area contributed by atoms with Crippen LogP contribution in [0.3, 0.4) is 0 Å². The summed E-state index contributed by atoms with van der Waals surface area (Å²) in [6.07, 6.45) is 3.71. The highest BCUT2D eigenvalue weighted by atomic mass is 32.2. The van der Waals surface area contributed by atoms with E-state index in [-0.39, 0.29) is 0 Å². The number of thioether (sulfide) groups is 1. The molecule has 0 aliphatic carbocycles. The van der Waals surface area contributed by atoms with E-state index >= 15 is 0 Å². The van der Waals surface area contributed by atoms with Gasteiger partial charge in [-0.05, 0) is 43.2 Å². The van der Waals surface area contributed by atoms with Crippen molar-refractivity contribution in [3.63, 3.8) is 0 Å². The molecule has 0 fully saturated rings. The van der Waals surface area contributed by atoms with Crippen molar-refractivity contribution in [2.24, 2.45) is 0 Å². The number of methoxy groups -OCH3 is 1. The average molecular weight is 300 g/mol. The van der Waals surface area contributed by atoms with E-state index in [0.29, 0.717) is 5.25 Å². The van der Waals surface area contributed by atoms with E-state index in [2.05, 4.69) is 62.4 Å². The van der Waals surface area contributed by atoms with Gasteiger partial charge in [0.15, 0.2) is 0 Å². The standard InChI is InChI=1S/C19H24OS/c1-4-5-6-19(16-9-11-17(20-3)12-10-16)21-18-13-7-15(2)8-14-18/h7-14,19H,4-6H2,1-3H3. The smallest absolute Gasteiger partial charge is 0.118 e. The highest BCUT2D eigenvalue weighted by Gasteiger charge is 2.13. The van der Waals surface area contributed by atoms with Crippen molar-refractivity contribution in [1.29, 1.82) is 0 Å². The third kappa shape index (κ3) is 4.82. The molecule has 0 aromatic heterocycles.